The molecule has 0 unspecified atom stereocenters. The molecule has 0 aliphatic rings. The van der Waals surface area contributed by atoms with E-state index in [1.165, 1.54) is 6.92 Å². The summed E-state index contributed by atoms with van der Waals surface area (Å²) in [5, 5.41) is 5.55. The molecule has 0 rings (SSSR count). The van der Waals surface area contributed by atoms with Gasteiger partial charge in [0.15, 0.2) is 5.78 Å². The molecule has 2 N–H and O–H groups in total. The zero-order valence-corrected chi connectivity index (χ0v) is 19.9. The Bertz CT molecular complexity index is 602. The van der Waals surface area contributed by atoms with Gasteiger partial charge in [-0.25, -0.2) is 0 Å². The fourth-order valence-corrected chi connectivity index (χ4v) is 2.99. The molecule has 31 heavy (non-hydrogen) atoms. The predicted molar refractivity (Wildman–Crippen MR) is 121 cm³/mol. The third-order valence-corrected chi connectivity index (χ3v) is 4.91. The summed E-state index contributed by atoms with van der Waals surface area (Å²) < 4.78 is 0. The highest BCUT2D eigenvalue weighted by Crippen LogP contribution is 2.07. The summed E-state index contributed by atoms with van der Waals surface area (Å²) >= 11 is 0. The van der Waals surface area contributed by atoms with Gasteiger partial charge in [0.05, 0.1) is 12.6 Å². The molecular weight excluding hydrogens is 398 g/mol. The summed E-state index contributed by atoms with van der Waals surface area (Å²) in [5.41, 5.74) is 0. The molecule has 0 bridgehead atoms. The number of ketones is 3. The molecule has 0 aliphatic heterocycles. The summed E-state index contributed by atoms with van der Waals surface area (Å²) in [7, 11) is 3.59. The minimum absolute atomic E-state index is 0.0122. The number of hydrogen-bond donors (Lipinski definition) is 2. The number of carbonyl (C=O) groups is 5. The predicted octanol–water partition coefficient (Wildman–Crippen LogP) is 2.04. The minimum atomic E-state index is -0.564. The van der Waals surface area contributed by atoms with Crippen LogP contribution in [0, 0.1) is 5.92 Å². The molecule has 0 fully saturated rings. The summed E-state index contributed by atoms with van der Waals surface area (Å²) in [6.07, 6.45) is 4.48. The molecule has 8 heteroatoms. The van der Waals surface area contributed by atoms with Crippen molar-refractivity contribution < 1.29 is 24.0 Å². The molecule has 0 heterocycles. The average Bonchev–Trinajstić information content (AvgIpc) is 2.67. The molecule has 0 radical (unpaired) electrons. The van der Waals surface area contributed by atoms with Crippen LogP contribution in [0.15, 0.2) is 0 Å². The summed E-state index contributed by atoms with van der Waals surface area (Å²) in [4.78, 5) is 60.6. The van der Waals surface area contributed by atoms with Crippen molar-refractivity contribution in [3.05, 3.63) is 0 Å². The van der Waals surface area contributed by atoms with Crippen molar-refractivity contribution in [3.8, 4) is 0 Å². The van der Waals surface area contributed by atoms with Gasteiger partial charge in [0.1, 0.15) is 11.6 Å². The first-order chi connectivity index (χ1) is 14.5. The van der Waals surface area contributed by atoms with Gasteiger partial charge in [0.25, 0.3) is 0 Å². The first-order valence-electron chi connectivity index (χ1n) is 11.3. The highest BCUT2D eigenvalue weighted by atomic mass is 16.2. The second kappa shape index (κ2) is 16.6. The topological polar surface area (TPSA) is 113 Å². The van der Waals surface area contributed by atoms with E-state index in [1.54, 1.807) is 19.0 Å². The molecule has 0 aromatic heterocycles. The molecule has 0 spiro atoms. The molecule has 0 aliphatic carbocycles. The van der Waals surface area contributed by atoms with Crippen LogP contribution < -0.4 is 10.6 Å². The lowest BCUT2D eigenvalue weighted by Crippen LogP contribution is -2.40. The van der Waals surface area contributed by atoms with Gasteiger partial charge in [-0.1, -0.05) is 13.8 Å². The first-order valence-corrected chi connectivity index (χ1v) is 11.3. The maximum Gasteiger partial charge on any atom is 0.221 e. The highest BCUT2D eigenvalue weighted by molar-refractivity contribution is 5.90. The van der Waals surface area contributed by atoms with E-state index in [2.05, 4.69) is 10.6 Å². The lowest BCUT2D eigenvalue weighted by molar-refractivity contribution is -0.128. The average molecular weight is 440 g/mol. The molecule has 8 nitrogen and oxygen atoms in total. The second-order valence-electron chi connectivity index (χ2n) is 8.68. The van der Waals surface area contributed by atoms with E-state index in [-0.39, 0.29) is 47.9 Å². The van der Waals surface area contributed by atoms with Crippen LogP contribution in [0.3, 0.4) is 0 Å². The number of Topliss-reactive ketones (excluding diaryl/α,β-unsaturated/α-hetero) is 3. The van der Waals surface area contributed by atoms with E-state index in [9.17, 15) is 24.0 Å². The van der Waals surface area contributed by atoms with Gasteiger partial charge in [0, 0.05) is 38.1 Å². The first kappa shape index (κ1) is 28.9. The second-order valence-corrected chi connectivity index (χ2v) is 8.68. The Morgan fingerprint density at radius 2 is 1.45 bits per heavy atom. The SMILES string of the molecule is CC(=O)[C@H](CCCCNC(=O)CCCCC(=O)C(C)C)NC(=O)CCC(=O)CN(C)C. The number of rotatable bonds is 18. The number of likely N-dealkylation sites (N-methyl/N-ethyl adjacent to an activating group) is 1. The van der Waals surface area contributed by atoms with Crippen LogP contribution in [0.2, 0.25) is 0 Å². The fraction of sp³-hybridized carbons (Fsp3) is 0.783. The van der Waals surface area contributed by atoms with Crippen molar-refractivity contribution >= 4 is 29.2 Å². The van der Waals surface area contributed by atoms with Gasteiger partial charge in [-0.15, -0.1) is 0 Å². The lowest BCUT2D eigenvalue weighted by Gasteiger charge is -2.16. The van der Waals surface area contributed by atoms with Crippen LogP contribution in [0.1, 0.15) is 78.6 Å². The molecule has 0 aromatic carbocycles. The molecular formula is C23H41N3O5. The Labute approximate surface area is 186 Å². The van der Waals surface area contributed by atoms with Gasteiger partial charge < -0.3 is 15.5 Å². The van der Waals surface area contributed by atoms with Gasteiger partial charge in [-0.05, 0) is 53.1 Å². The smallest absolute Gasteiger partial charge is 0.221 e. The van der Waals surface area contributed by atoms with Crippen LogP contribution >= 0.6 is 0 Å². The van der Waals surface area contributed by atoms with Crippen LogP contribution in [-0.4, -0.2) is 67.3 Å². The number of amides is 2. The van der Waals surface area contributed by atoms with Crippen molar-refractivity contribution in [2.24, 2.45) is 5.92 Å². The Morgan fingerprint density at radius 3 is 2.03 bits per heavy atom. The molecule has 0 saturated heterocycles. The number of nitrogens with one attached hydrogen (secondary N) is 2. The maximum absolute atomic E-state index is 12.0. The fourth-order valence-electron chi connectivity index (χ4n) is 2.99. The summed E-state index contributed by atoms with van der Waals surface area (Å²) in [5.74, 6) is -0.183. The molecule has 1 atom stereocenters. The van der Waals surface area contributed by atoms with E-state index in [1.807, 2.05) is 13.8 Å². The van der Waals surface area contributed by atoms with Crippen LogP contribution in [0.25, 0.3) is 0 Å². The Hall–Kier alpha value is -2.09. The Morgan fingerprint density at radius 1 is 0.806 bits per heavy atom. The van der Waals surface area contributed by atoms with Crippen molar-refractivity contribution in [1.82, 2.24) is 15.5 Å². The largest absolute Gasteiger partial charge is 0.356 e. The van der Waals surface area contributed by atoms with Crippen LogP contribution in [0.4, 0.5) is 0 Å². The number of unbranched alkanes of at least 4 members (excludes halogenated alkanes) is 2. The minimum Gasteiger partial charge on any atom is -0.356 e. The van der Waals surface area contributed by atoms with E-state index < -0.39 is 6.04 Å². The van der Waals surface area contributed by atoms with Gasteiger partial charge in [-0.3, -0.25) is 24.0 Å². The highest BCUT2D eigenvalue weighted by Gasteiger charge is 2.17. The lowest BCUT2D eigenvalue weighted by atomic mass is 10.0. The normalized spacial score (nSPS) is 12.0. The van der Waals surface area contributed by atoms with Crippen LogP contribution in [-0.2, 0) is 24.0 Å². The van der Waals surface area contributed by atoms with Crippen molar-refractivity contribution in [2.45, 2.75) is 84.6 Å². The maximum atomic E-state index is 12.0. The number of hydrogen-bond acceptors (Lipinski definition) is 6. The molecule has 0 saturated carbocycles. The quantitative estimate of drug-likeness (QED) is 0.316. The van der Waals surface area contributed by atoms with E-state index in [4.69, 9.17) is 0 Å². The van der Waals surface area contributed by atoms with Crippen molar-refractivity contribution in [2.75, 3.05) is 27.2 Å². The van der Waals surface area contributed by atoms with Crippen LogP contribution in [0.5, 0.6) is 0 Å². The van der Waals surface area contributed by atoms with E-state index in [0.717, 1.165) is 6.42 Å². The Kier molecular flexibility index (Phi) is 15.5. The standard InChI is InChI=1S/C23H41N3O5/c1-17(2)21(29)11-6-7-12-22(30)24-15-9-8-10-20(18(3)27)25-23(31)14-13-19(28)16-26(4)5/h17,20H,6-16H2,1-5H3,(H,24,30)(H,25,31)/t20-/m0/s1. The van der Waals surface area contributed by atoms with Crippen molar-refractivity contribution in [3.63, 3.8) is 0 Å². The summed E-state index contributed by atoms with van der Waals surface area (Å²) in [6, 6.07) is -0.564. The van der Waals surface area contributed by atoms with Gasteiger partial charge >= 0.3 is 0 Å². The molecule has 178 valence electrons. The Balaban J connectivity index is 3.97. The van der Waals surface area contributed by atoms with Crippen molar-refractivity contribution in [1.29, 1.82) is 0 Å². The molecule has 2 amide bonds. The zero-order valence-electron chi connectivity index (χ0n) is 19.9. The third kappa shape index (κ3) is 16.3. The monoisotopic (exact) mass is 439 g/mol. The third-order valence-electron chi connectivity index (χ3n) is 4.91. The number of nitrogens with zero attached hydrogens (tertiary/aromatic N) is 1. The van der Waals surface area contributed by atoms with E-state index >= 15 is 0 Å². The van der Waals surface area contributed by atoms with Gasteiger partial charge in [-0.2, -0.15) is 0 Å². The zero-order chi connectivity index (χ0) is 23.8. The number of carbonyl (C=O) groups excluding carboxylic acids is 5. The van der Waals surface area contributed by atoms with Gasteiger partial charge in [0.2, 0.25) is 11.8 Å². The van der Waals surface area contributed by atoms with E-state index in [0.29, 0.717) is 51.6 Å². The summed E-state index contributed by atoms with van der Waals surface area (Å²) in [6.45, 7) is 6.01. The molecule has 0 aromatic rings.